The smallest absolute Gasteiger partial charge is 0.197 e. The second-order valence-corrected chi connectivity index (χ2v) is 7.17. The van der Waals surface area contributed by atoms with Crippen molar-refractivity contribution in [2.75, 3.05) is 36.9 Å². The summed E-state index contributed by atoms with van der Waals surface area (Å²) in [6, 6.07) is 6.21. The second kappa shape index (κ2) is 6.39. The maximum Gasteiger partial charge on any atom is 0.197 e. The van der Waals surface area contributed by atoms with Crippen LogP contribution in [0, 0.1) is 11.8 Å². The van der Waals surface area contributed by atoms with Crippen molar-refractivity contribution in [3.8, 4) is 11.4 Å². The van der Waals surface area contributed by atoms with E-state index >= 15 is 0 Å². The molecular formula is C17H22N6S. The molecule has 3 heterocycles. The summed E-state index contributed by atoms with van der Waals surface area (Å²) in [6.07, 6.45) is 1.41. The molecule has 0 spiro atoms. The Bertz CT molecular complexity index is 745. The topological polar surface area (TPSA) is 65.4 Å². The quantitative estimate of drug-likeness (QED) is 0.661. The Morgan fingerprint density at radius 2 is 2.12 bits per heavy atom. The van der Waals surface area contributed by atoms with Crippen molar-refractivity contribution in [2.24, 2.45) is 16.8 Å². The largest absolute Gasteiger partial charge is 0.356 e. The minimum absolute atomic E-state index is 0.733. The lowest BCUT2D eigenvalue weighted by molar-refractivity contribution is 0.806. The standard InChI is InChI=1S/C17H22N6S/c1-3-19-16(18-2)22-17-21-14(10-24-17)13-5-4-6-15(20-13)23-8-11-7-12(11)9-23/h4-6,10-12H,3,7-9H2,1-2H3,(H2,18,19,21,22). The zero-order valence-corrected chi connectivity index (χ0v) is 14.8. The summed E-state index contributed by atoms with van der Waals surface area (Å²) >= 11 is 1.56. The number of hydrogen-bond donors (Lipinski definition) is 2. The van der Waals surface area contributed by atoms with Gasteiger partial charge in [0.2, 0.25) is 0 Å². The molecule has 24 heavy (non-hydrogen) atoms. The van der Waals surface area contributed by atoms with Gasteiger partial charge < -0.3 is 15.5 Å². The molecule has 2 aromatic rings. The highest BCUT2D eigenvalue weighted by atomic mass is 32.1. The van der Waals surface area contributed by atoms with E-state index in [1.807, 2.05) is 18.4 Å². The molecule has 0 amide bonds. The molecular weight excluding hydrogens is 320 g/mol. The Morgan fingerprint density at radius 3 is 2.88 bits per heavy atom. The van der Waals surface area contributed by atoms with Crippen LogP contribution in [0.5, 0.6) is 0 Å². The van der Waals surface area contributed by atoms with Crippen LogP contribution in [-0.2, 0) is 0 Å². The number of aromatic nitrogens is 2. The Kier molecular flexibility index (Phi) is 4.10. The third kappa shape index (κ3) is 3.08. The van der Waals surface area contributed by atoms with E-state index < -0.39 is 0 Å². The first kappa shape index (κ1) is 15.4. The first-order chi connectivity index (χ1) is 11.8. The average Bonchev–Trinajstić information content (AvgIpc) is 3.00. The van der Waals surface area contributed by atoms with Gasteiger partial charge in [0.15, 0.2) is 11.1 Å². The van der Waals surface area contributed by atoms with Gasteiger partial charge in [-0.2, -0.15) is 0 Å². The molecule has 0 bridgehead atoms. The van der Waals surface area contributed by atoms with Gasteiger partial charge in [-0.25, -0.2) is 9.97 Å². The molecule has 2 aromatic heterocycles. The number of hydrogen-bond acceptors (Lipinski definition) is 5. The van der Waals surface area contributed by atoms with Crippen molar-refractivity contribution >= 4 is 28.2 Å². The van der Waals surface area contributed by atoms with Crippen LogP contribution >= 0.6 is 11.3 Å². The minimum Gasteiger partial charge on any atom is -0.356 e. The van der Waals surface area contributed by atoms with Crippen LogP contribution in [0.4, 0.5) is 10.9 Å². The molecule has 2 unspecified atom stereocenters. The van der Waals surface area contributed by atoms with Crippen LogP contribution in [0.1, 0.15) is 13.3 Å². The summed E-state index contributed by atoms with van der Waals surface area (Å²) in [5, 5.41) is 9.23. The van der Waals surface area contributed by atoms with Gasteiger partial charge in [-0.15, -0.1) is 11.3 Å². The summed E-state index contributed by atoms with van der Waals surface area (Å²) in [4.78, 5) is 16.0. The third-order valence-corrected chi connectivity index (χ3v) is 5.35. The Balaban J connectivity index is 1.50. The molecule has 7 heteroatoms. The average molecular weight is 342 g/mol. The molecule has 1 aliphatic heterocycles. The van der Waals surface area contributed by atoms with E-state index in [4.69, 9.17) is 4.98 Å². The first-order valence-electron chi connectivity index (χ1n) is 8.42. The highest BCUT2D eigenvalue weighted by molar-refractivity contribution is 7.14. The molecule has 126 valence electrons. The number of anilines is 2. The molecule has 2 atom stereocenters. The number of nitrogens with zero attached hydrogens (tertiary/aromatic N) is 4. The van der Waals surface area contributed by atoms with Crippen LogP contribution < -0.4 is 15.5 Å². The molecule has 0 radical (unpaired) electrons. The Labute approximate surface area is 146 Å². The number of pyridine rings is 1. The Morgan fingerprint density at radius 1 is 1.29 bits per heavy atom. The van der Waals surface area contributed by atoms with E-state index in [0.717, 1.165) is 59.8 Å². The zero-order chi connectivity index (χ0) is 16.5. The van der Waals surface area contributed by atoms with E-state index in [1.54, 1.807) is 18.4 Å². The van der Waals surface area contributed by atoms with Gasteiger partial charge in [-0.1, -0.05) is 6.07 Å². The lowest BCUT2D eigenvalue weighted by atomic mass is 10.3. The van der Waals surface area contributed by atoms with Crippen molar-refractivity contribution in [2.45, 2.75) is 13.3 Å². The van der Waals surface area contributed by atoms with Crippen LogP contribution in [0.3, 0.4) is 0 Å². The molecule has 1 saturated heterocycles. The number of guanidine groups is 1. The molecule has 6 nitrogen and oxygen atoms in total. The fraction of sp³-hybridized carbons (Fsp3) is 0.471. The summed E-state index contributed by atoms with van der Waals surface area (Å²) in [7, 11) is 1.76. The predicted molar refractivity (Wildman–Crippen MR) is 99.8 cm³/mol. The highest BCUT2D eigenvalue weighted by Crippen LogP contribution is 2.46. The Hall–Kier alpha value is -2.15. The van der Waals surface area contributed by atoms with Gasteiger partial charge in [0.25, 0.3) is 0 Å². The normalized spacial score (nSPS) is 22.4. The highest BCUT2D eigenvalue weighted by Gasteiger charge is 2.45. The molecule has 1 saturated carbocycles. The summed E-state index contributed by atoms with van der Waals surface area (Å²) in [5.74, 6) is 3.62. The lowest BCUT2D eigenvalue weighted by Gasteiger charge is -2.19. The maximum atomic E-state index is 4.83. The number of piperidine rings is 1. The third-order valence-electron chi connectivity index (χ3n) is 4.60. The minimum atomic E-state index is 0.733. The summed E-state index contributed by atoms with van der Waals surface area (Å²) in [5.41, 5.74) is 1.83. The fourth-order valence-corrected chi connectivity index (χ4v) is 3.93. The van der Waals surface area contributed by atoms with Gasteiger partial charge in [0, 0.05) is 32.1 Å². The summed E-state index contributed by atoms with van der Waals surface area (Å²) in [6.45, 7) is 5.17. The number of aliphatic imine (C=N–C) groups is 1. The van der Waals surface area contributed by atoms with Gasteiger partial charge in [-0.3, -0.25) is 4.99 Å². The van der Waals surface area contributed by atoms with Crippen molar-refractivity contribution in [3.63, 3.8) is 0 Å². The number of rotatable bonds is 4. The first-order valence-corrected chi connectivity index (χ1v) is 9.30. The van der Waals surface area contributed by atoms with Crippen molar-refractivity contribution < 1.29 is 0 Å². The van der Waals surface area contributed by atoms with E-state index in [1.165, 1.54) is 6.42 Å². The summed E-state index contributed by atoms with van der Waals surface area (Å²) < 4.78 is 0. The lowest BCUT2D eigenvalue weighted by Crippen LogP contribution is -2.30. The second-order valence-electron chi connectivity index (χ2n) is 6.31. The van der Waals surface area contributed by atoms with Crippen LogP contribution in [-0.4, -0.2) is 42.6 Å². The molecule has 0 aromatic carbocycles. The fourth-order valence-electron chi connectivity index (χ4n) is 3.22. The van der Waals surface area contributed by atoms with Gasteiger partial charge in [-0.05, 0) is 37.3 Å². The van der Waals surface area contributed by atoms with E-state index in [2.05, 4.69) is 37.6 Å². The molecule has 4 rings (SSSR count). The molecule has 2 N–H and O–H groups in total. The molecule has 2 aliphatic rings. The van der Waals surface area contributed by atoms with E-state index in [0.29, 0.717) is 0 Å². The zero-order valence-electron chi connectivity index (χ0n) is 14.0. The van der Waals surface area contributed by atoms with Crippen LogP contribution in [0.15, 0.2) is 28.6 Å². The maximum absolute atomic E-state index is 4.83. The number of thiazole rings is 1. The monoisotopic (exact) mass is 342 g/mol. The van der Waals surface area contributed by atoms with Crippen molar-refractivity contribution in [3.05, 3.63) is 23.6 Å². The predicted octanol–water partition coefficient (Wildman–Crippen LogP) is 2.67. The molecule has 2 fully saturated rings. The SMILES string of the molecule is CCNC(=NC)Nc1nc(-c2cccc(N3CC4CC4C3)n2)cs1. The number of nitrogens with one attached hydrogen (secondary N) is 2. The van der Waals surface area contributed by atoms with Crippen molar-refractivity contribution in [1.29, 1.82) is 0 Å². The van der Waals surface area contributed by atoms with Gasteiger partial charge in [0.1, 0.15) is 11.5 Å². The van der Waals surface area contributed by atoms with Crippen molar-refractivity contribution in [1.82, 2.24) is 15.3 Å². The van der Waals surface area contributed by atoms with Gasteiger partial charge in [0.05, 0.1) is 5.69 Å². The van der Waals surface area contributed by atoms with E-state index in [9.17, 15) is 0 Å². The van der Waals surface area contributed by atoms with Crippen LogP contribution in [0.2, 0.25) is 0 Å². The van der Waals surface area contributed by atoms with E-state index in [-0.39, 0.29) is 0 Å². The molecule has 1 aliphatic carbocycles. The van der Waals surface area contributed by atoms with Gasteiger partial charge >= 0.3 is 0 Å². The van der Waals surface area contributed by atoms with Crippen LogP contribution in [0.25, 0.3) is 11.4 Å². The number of fused-ring (bicyclic) bond motifs is 1.